The van der Waals surface area contributed by atoms with Crippen LogP contribution in [0.1, 0.15) is 46.1 Å². The quantitative estimate of drug-likeness (QED) is 0.578. The normalized spacial score (nSPS) is 23.2. The van der Waals surface area contributed by atoms with Crippen molar-refractivity contribution in [3.63, 3.8) is 0 Å². The van der Waals surface area contributed by atoms with E-state index >= 15 is 0 Å². The molecule has 0 saturated carbocycles. The molecule has 2 saturated heterocycles. The van der Waals surface area contributed by atoms with E-state index in [-0.39, 0.29) is 24.2 Å². The Balaban J connectivity index is 1.70. The van der Waals surface area contributed by atoms with Crippen molar-refractivity contribution in [1.29, 1.82) is 0 Å². The molecule has 2 aliphatic heterocycles. The number of thioether (sulfide) groups is 1. The van der Waals surface area contributed by atoms with E-state index in [1.807, 2.05) is 58.0 Å². The van der Waals surface area contributed by atoms with Crippen molar-refractivity contribution in [3.05, 3.63) is 35.9 Å². The number of Topliss-reactive ketones (excluding diaryl/α,β-unsaturated/α-hetero) is 1. The Labute approximate surface area is 199 Å². The van der Waals surface area contributed by atoms with Crippen molar-refractivity contribution in [2.45, 2.75) is 70.9 Å². The lowest BCUT2D eigenvalue weighted by Gasteiger charge is -2.28. The van der Waals surface area contributed by atoms with Crippen LogP contribution in [0.25, 0.3) is 0 Å². The van der Waals surface area contributed by atoms with Crippen LogP contribution in [0, 0.1) is 0 Å². The number of nitrogens with zero attached hydrogens (tertiary/aromatic N) is 2. The first-order valence-electron chi connectivity index (χ1n) is 11.3. The number of amides is 3. The van der Waals surface area contributed by atoms with E-state index in [1.54, 1.807) is 0 Å². The van der Waals surface area contributed by atoms with E-state index < -0.39 is 35.6 Å². The number of hydrogen-bond acceptors (Lipinski definition) is 6. The molecule has 1 aromatic rings. The fourth-order valence-electron chi connectivity index (χ4n) is 3.95. The summed E-state index contributed by atoms with van der Waals surface area (Å²) < 4.78 is 5.98. The summed E-state index contributed by atoms with van der Waals surface area (Å²) in [5.74, 6) is -1.29. The second-order valence-corrected chi connectivity index (χ2v) is 10.5. The minimum atomic E-state index is -0.737. The maximum Gasteiger partial charge on any atom is 0.293 e. The van der Waals surface area contributed by atoms with Crippen LogP contribution < -0.4 is 5.32 Å². The molecule has 9 heteroatoms. The minimum Gasteiger partial charge on any atom is -0.350 e. The van der Waals surface area contributed by atoms with Crippen molar-refractivity contribution in [2.24, 2.45) is 0 Å². The van der Waals surface area contributed by atoms with Gasteiger partial charge in [-0.25, -0.2) is 0 Å². The molecular weight excluding hydrogens is 442 g/mol. The topological polar surface area (TPSA) is 96.0 Å². The molecule has 0 bridgehead atoms. The van der Waals surface area contributed by atoms with Crippen molar-refractivity contribution in [1.82, 2.24) is 15.1 Å². The summed E-state index contributed by atoms with van der Waals surface area (Å²) in [6.45, 7) is 7.20. The molecule has 2 aliphatic rings. The van der Waals surface area contributed by atoms with Crippen molar-refractivity contribution in [2.75, 3.05) is 18.2 Å². The lowest BCUT2D eigenvalue weighted by Crippen LogP contribution is -2.54. The third kappa shape index (κ3) is 6.35. The van der Waals surface area contributed by atoms with Crippen LogP contribution in [0.2, 0.25) is 0 Å². The Hall–Kier alpha value is -2.39. The predicted octanol–water partition coefficient (Wildman–Crippen LogP) is 1.97. The van der Waals surface area contributed by atoms with Crippen molar-refractivity contribution < 1.29 is 23.9 Å². The molecule has 2 fully saturated rings. The monoisotopic (exact) mass is 475 g/mol. The standard InChI is InChI=1S/C24H33N3O5S/c1-5-9-19-23(31)26(20(32-19)12-16-10-7-6-8-11-16)13-18(28)22(30)27-15-33-14-17(27)21(29)25-24(2,3)4/h6-8,10-11,17,19-20H,5,9,12-15H2,1-4H3,(H,25,29). The summed E-state index contributed by atoms with van der Waals surface area (Å²) in [5, 5.41) is 2.88. The van der Waals surface area contributed by atoms with Gasteiger partial charge in [-0.15, -0.1) is 11.8 Å². The molecule has 2 heterocycles. The van der Waals surface area contributed by atoms with Gasteiger partial charge in [0.15, 0.2) is 0 Å². The zero-order chi connectivity index (χ0) is 24.2. The van der Waals surface area contributed by atoms with Gasteiger partial charge in [0.05, 0.1) is 12.4 Å². The molecule has 8 nitrogen and oxygen atoms in total. The minimum absolute atomic E-state index is 0.267. The molecule has 1 N–H and O–H groups in total. The van der Waals surface area contributed by atoms with Gasteiger partial charge >= 0.3 is 0 Å². The Bertz CT molecular complexity index is 886. The van der Waals surface area contributed by atoms with Gasteiger partial charge in [-0.05, 0) is 32.8 Å². The highest BCUT2D eigenvalue weighted by Crippen LogP contribution is 2.26. The SMILES string of the molecule is CCCC1OC(Cc2ccccc2)N(CC(=O)C(=O)N2CSCC2C(=O)NC(C)(C)C)C1=O. The molecule has 3 unspecified atom stereocenters. The smallest absolute Gasteiger partial charge is 0.293 e. The molecule has 3 amide bonds. The van der Waals surface area contributed by atoms with Gasteiger partial charge in [0, 0.05) is 17.7 Å². The lowest BCUT2D eigenvalue weighted by atomic mass is 10.1. The second-order valence-electron chi connectivity index (χ2n) is 9.48. The maximum absolute atomic E-state index is 13.0. The summed E-state index contributed by atoms with van der Waals surface area (Å²) in [4.78, 5) is 54.3. The zero-order valence-corrected chi connectivity index (χ0v) is 20.5. The number of rotatable bonds is 8. The molecule has 1 aromatic carbocycles. The van der Waals surface area contributed by atoms with Gasteiger partial charge in [-0.3, -0.25) is 19.2 Å². The molecule has 0 radical (unpaired) electrons. The third-order valence-corrected chi connectivity index (χ3v) is 6.54. The highest BCUT2D eigenvalue weighted by atomic mass is 32.2. The fourth-order valence-corrected chi connectivity index (χ4v) is 5.10. The summed E-state index contributed by atoms with van der Waals surface area (Å²) in [5.41, 5.74) is 0.535. The Kier molecular flexibility index (Phi) is 8.18. The maximum atomic E-state index is 13.0. The highest BCUT2D eigenvalue weighted by molar-refractivity contribution is 7.99. The van der Waals surface area contributed by atoms with E-state index in [4.69, 9.17) is 4.74 Å². The molecule has 180 valence electrons. The first kappa shape index (κ1) is 25.2. The average Bonchev–Trinajstić information content (AvgIpc) is 3.34. The molecule has 0 aliphatic carbocycles. The van der Waals surface area contributed by atoms with E-state index in [0.29, 0.717) is 18.6 Å². The van der Waals surface area contributed by atoms with Crippen molar-refractivity contribution in [3.8, 4) is 0 Å². The number of carbonyl (C=O) groups excluding carboxylic acids is 4. The third-order valence-electron chi connectivity index (χ3n) is 5.53. The Morgan fingerprint density at radius 3 is 2.52 bits per heavy atom. The van der Waals surface area contributed by atoms with Crippen LogP contribution in [0.5, 0.6) is 0 Å². The van der Waals surface area contributed by atoms with Gasteiger partial charge in [-0.1, -0.05) is 43.7 Å². The second kappa shape index (κ2) is 10.7. The number of carbonyl (C=O) groups is 4. The van der Waals surface area contributed by atoms with E-state index in [1.165, 1.54) is 21.6 Å². The largest absolute Gasteiger partial charge is 0.350 e. The zero-order valence-electron chi connectivity index (χ0n) is 19.7. The number of ether oxygens (including phenoxy) is 1. The molecule has 3 rings (SSSR count). The molecule has 33 heavy (non-hydrogen) atoms. The fraction of sp³-hybridized carbons (Fsp3) is 0.583. The molecular formula is C24H33N3O5S. The highest BCUT2D eigenvalue weighted by Gasteiger charge is 2.43. The summed E-state index contributed by atoms with van der Waals surface area (Å²) >= 11 is 1.43. The number of benzene rings is 1. The van der Waals surface area contributed by atoms with Crippen LogP contribution in [-0.2, 0) is 30.3 Å². The molecule has 0 aromatic heterocycles. The summed E-state index contributed by atoms with van der Waals surface area (Å²) in [6, 6.07) is 8.89. The number of hydrogen-bond donors (Lipinski definition) is 1. The Morgan fingerprint density at radius 1 is 1.18 bits per heavy atom. The van der Waals surface area contributed by atoms with Crippen LogP contribution in [0.4, 0.5) is 0 Å². The van der Waals surface area contributed by atoms with Crippen molar-refractivity contribution >= 4 is 35.3 Å². The molecule has 0 spiro atoms. The van der Waals surface area contributed by atoms with Gasteiger partial charge < -0.3 is 19.9 Å². The van der Waals surface area contributed by atoms with Gasteiger partial charge in [-0.2, -0.15) is 0 Å². The van der Waals surface area contributed by atoms with Gasteiger partial charge in [0.25, 0.3) is 11.8 Å². The summed E-state index contributed by atoms with van der Waals surface area (Å²) in [7, 11) is 0. The Morgan fingerprint density at radius 2 is 1.88 bits per heavy atom. The van der Waals surface area contributed by atoms with Crippen LogP contribution in [-0.4, -0.2) is 75.4 Å². The van der Waals surface area contributed by atoms with E-state index in [2.05, 4.69) is 5.32 Å². The molecule has 3 atom stereocenters. The van der Waals surface area contributed by atoms with Crippen LogP contribution in [0.3, 0.4) is 0 Å². The summed E-state index contributed by atoms with van der Waals surface area (Å²) in [6.07, 6.45) is 0.538. The van der Waals surface area contributed by atoms with Gasteiger partial charge in [0.2, 0.25) is 11.7 Å². The van der Waals surface area contributed by atoms with E-state index in [9.17, 15) is 19.2 Å². The predicted molar refractivity (Wildman–Crippen MR) is 126 cm³/mol. The van der Waals surface area contributed by atoms with Gasteiger partial charge in [0.1, 0.15) is 18.4 Å². The van der Waals surface area contributed by atoms with Crippen LogP contribution >= 0.6 is 11.8 Å². The number of nitrogens with one attached hydrogen (secondary N) is 1. The number of ketones is 1. The lowest BCUT2D eigenvalue weighted by molar-refractivity contribution is -0.149. The van der Waals surface area contributed by atoms with E-state index in [0.717, 1.165) is 12.0 Å². The average molecular weight is 476 g/mol. The first-order valence-corrected chi connectivity index (χ1v) is 12.5. The first-order chi connectivity index (χ1) is 15.6. The van der Waals surface area contributed by atoms with Crippen LogP contribution in [0.15, 0.2) is 30.3 Å².